The Kier molecular flexibility index (Phi) is 3.38. The van der Waals surface area contributed by atoms with Crippen LogP contribution >= 0.6 is 11.8 Å². The highest BCUT2D eigenvalue weighted by atomic mass is 32.2. The number of aryl methyl sites for hydroxylation is 2. The zero-order chi connectivity index (χ0) is 11.6. The molecule has 1 heterocycles. The molecule has 4 heteroatoms. The van der Waals surface area contributed by atoms with Crippen molar-refractivity contribution in [2.45, 2.75) is 37.9 Å². The zero-order valence-corrected chi connectivity index (χ0v) is 11.0. The molecule has 1 saturated carbocycles. The molecule has 1 aliphatic carbocycles. The van der Waals surface area contributed by atoms with Gasteiger partial charge in [0.25, 0.3) is 0 Å². The van der Waals surface area contributed by atoms with Gasteiger partial charge in [0, 0.05) is 11.3 Å². The molecule has 0 radical (unpaired) electrons. The highest BCUT2D eigenvalue weighted by molar-refractivity contribution is 8.00. The molecule has 0 aliphatic heterocycles. The van der Waals surface area contributed by atoms with Crippen LogP contribution in [0.2, 0.25) is 0 Å². The van der Waals surface area contributed by atoms with Crippen molar-refractivity contribution >= 4 is 17.6 Å². The van der Waals surface area contributed by atoms with E-state index in [2.05, 4.69) is 21.5 Å². The summed E-state index contributed by atoms with van der Waals surface area (Å²) in [6.07, 6.45) is 8.03. The van der Waals surface area contributed by atoms with Crippen molar-refractivity contribution < 1.29 is 0 Å². The van der Waals surface area contributed by atoms with E-state index in [-0.39, 0.29) is 0 Å². The molecule has 0 saturated heterocycles. The van der Waals surface area contributed by atoms with E-state index in [9.17, 15) is 0 Å². The van der Waals surface area contributed by atoms with Crippen molar-refractivity contribution in [1.29, 1.82) is 0 Å². The third-order valence-corrected chi connectivity index (χ3v) is 4.90. The first-order valence-corrected chi connectivity index (χ1v) is 6.97. The second-order valence-electron chi connectivity index (χ2n) is 4.52. The summed E-state index contributed by atoms with van der Waals surface area (Å²) in [5, 5.41) is 3.41. The van der Waals surface area contributed by atoms with Crippen LogP contribution in [0.5, 0.6) is 0 Å². The van der Waals surface area contributed by atoms with Gasteiger partial charge in [-0.25, -0.2) is 4.98 Å². The van der Waals surface area contributed by atoms with Crippen LogP contribution in [0.3, 0.4) is 0 Å². The second-order valence-corrected chi connectivity index (χ2v) is 5.79. The lowest BCUT2D eigenvalue weighted by atomic mass is 9.84. The highest BCUT2D eigenvalue weighted by Crippen LogP contribution is 2.42. The number of hydrogen-bond acceptors (Lipinski definition) is 4. The van der Waals surface area contributed by atoms with Crippen molar-refractivity contribution in [3.05, 3.63) is 17.6 Å². The van der Waals surface area contributed by atoms with E-state index in [0.717, 1.165) is 23.8 Å². The van der Waals surface area contributed by atoms with Crippen LogP contribution in [0.4, 0.5) is 5.82 Å². The van der Waals surface area contributed by atoms with E-state index in [1.165, 1.54) is 19.3 Å². The number of anilines is 1. The van der Waals surface area contributed by atoms with Gasteiger partial charge in [0.05, 0.1) is 17.6 Å². The van der Waals surface area contributed by atoms with E-state index >= 15 is 0 Å². The predicted molar refractivity (Wildman–Crippen MR) is 70.1 cm³/mol. The minimum atomic E-state index is 0.445. The van der Waals surface area contributed by atoms with Gasteiger partial charge in [-0.2, -0.15) is 11.8 Å². The van der Waals surface area contributed by atoms with E-state index < -0.39 is 0 Å². The van der Waals surface area contributed by atoms with Crippen LogP contribution in [-0.4, -0.2) is 27.5 Å². The van der Waals surface area contributed by atoms with Crippen LogP contribution in [0, 0.1) is 13.8 Å². The summed E-state index contributed by atoms with van der Waals surface area (Å²) in [5.41, 5.74) is 2.02. The third kappa shape index (κ3) is 2.32. The molecule has 0 atom stereocenters. The standard InChI is InChI=1S/C12H19N3S/c1-9-10(2)15-11(7-13-9)14-8-12(16-3)5-4-6-12/h7H,4-6,8H2,1-3H3,(H,14,15). The van der Waals surface area contributed by atoms with Gasteiger partial charge in [-0.1, -0.05) is 6.42 Å². The fourth-order valence-electron chi connectivity index (χ4n) is 1.90. The van der Waals surface area contributed by atoms with Gasteiger partial charge >= 0.3 is 0 Å². The predicted octanol–water partition coefficient (Wildman–Crippen LogP) is 2.79. The molecule has 2 rings (SSSR count). The minimum Gasteiger partial charge on any atom is -0.367 e. The average molecular weight is 237 g/mol. The lowest BCUT2D eigenvalue weighted by Gasteiger charge is -2.40. The van der Waals surface area contributed by atoms with Crippen LogP contribution in [0.25, 0.3) is 0 Å². The van der Waals surface area contributed by atoms with Gasteiger partial charge in [-0.15, -0.1) is 0 Å². The Morgan fingerprint density at radius 2 is 2.12 bits per heavy atom. The van der Waals surface area contributed by atoms with Crippen molar-refractivity contribution in [2.24, 2.45) is 0 Å². The molecule has 0 unspecified atom stereocenters. The van der Waals surface area contributed by atoms with Gasteiger partial charge in [0.1, 0.15) is 5.82 Å². The Morgan fingerprint density at radius 3 is 2.62 bits per heavy atom. The second kappa shape index (κ2) is 4.62. The molecule has 1 N–H and O–H groups in total. The summed E-state index contributed by atoms with van der Waals surface area (Å²) < 4.78 is 0.445. The summed E-state index contributed by atoms with van der Waals surface area (Å²) in [5.74, 6) is 0.906. The molecule has 1 aromatic rings. The first-order chi connectivity index (χ1) is 7.65. The van der Waals surface area contributed by atoms with Crippen molar-refractivity contribution in [3.8, 4) is 0 Å². The smallest absolute Gasteiger partial charge is 0.144 e. The molecular weight excluding hydrogens is 218 g/mol. The van der Waals surface area contributed by atoms with Crippen molar-refractivity contribution in [1.82, 2.24) is 9.97 Å². The van der Waals surface area contributed by atoms with Crippen LogP contribution in [0.15, 0.2) is 6.20 Å². The Bertz CT molecular complexity index is 369. The van der Waals surface area contributed by atoms with Crippen LogP contribution < -0.4 is 5.32 Å². The van der Waals surface area contributed by atoms with Gasteiger partial charge < -0.3 is 5.32 Å². The van der Waals surface area contributed by atoms with Crippen LogP contribution in [-0.2, 0) is 0 Å². The minimum absolute atomic E-state index is 0.445. The monoisotopic (exact) mass is 237 g/mol. The maximum Gasteiger partial charge on any atom is 0.144 e. The molecule has 88 valence electrons. The Hall–Kier alpha value is -0.770. The molecule has 1 aromatic heterocycles. The first-order valence-electron chi connectivity index (χ1n) is 5.74. The third-order valence-electron chi connectivity index (χ3n) is 3.48. The summed E-state index contributed by atoms with van der Waals surface area (Å²) in [6, 6.07) is 0. The average Bonchev–Trinajstić information content (AvgIpc) is 2.22. The SMILES string of the molecule is CSC1(CNc2cnc(C)c(C)n2)CCC1. The molecule has 3 nitrogen and oxygen atoms in total. The van der Waals surface area contributed by atoms with E-state index in [4.69, 9.17) is 0 Å². The van der Waals surface area contributed by atoms with E-state index in [1.54, 1.807) is 0 Å². The molecule has 1 fully saturated rings. The highest BCUT2D eigenvalue weighted by Gasteiger charge is 2.35. The van der Waals surface area contributed by atoms with E-state index in [1.807, 2.05) is 31.8 Å². The fourth-order valence-corrected chi connectivity index (χ4v) is 2.82. The lowest BCUT2D eigenvalue weighted by Crippen LogP contribution is -2.40. The fraction of sp³-hybridized carbons (Fsp3) is 0.667. The Labute approximate surface area is 101 Å². The largest absolute Gasteiger partial charge is 0.367 e. The molecular formula is C12H19N3S. The van der Waals surface area contributed by atoms with Gasteiger partial charge in [-0.05, 0) is 32.9 Å². The van der Waals surface area contributed by atoms with Crippen LogP contribution in [0.1, 0.15) is 30.7 Å². The maximum atomic E-state index is 4.49. The van der Waals surface area contributed by atoms with Gasteiger partial charge in [-0.3, -0.25) is 4.98 Å². The van der Waals surface area contributed by atoms with Crippen molar-refractivity contribution in [2.75, 3.05) is 18.1 Å². The summed E-state index contributed by atoms with van der Waals surface area (Å²) >= 11 is 1.97. The molecule has 0 amide bonds. The van der Waals surface area contributed by atoms with Crippen molar-refractivity contribution in [3.63, 3.8) is 0 Å². The number of nitrogens with zero attached hydrogens (tertiary/aromatic N) is 2. The normalized spacial score (nSPS) is 17.9. The molecule has 1 aliphatic rings. The number of thioether (sulfide) groups is 1. The lowest BCUT2D eigenvalue weighted by molar-refractivity contribution is 0.379. The number of aromatic nitrogens is 2. The Balaban J connectivity index is 1.96. The molecule has 0 bridgehead atoms. The number of rotatable bonds is 4. The van der Waals surface area contributed by atoms with Gasteiger partial charge in [0.15, 0.2) is 0 Å². The Morgan fingerprint density at radius 1 is 1.38 bits per heavy atom. The summed E-state index contributed by atoms with van der Waals surface area (Å²) in [7, 11) is 0. The molecule has 16 heavy (non-hydrogen) atoms. The number of hydrogen-bond donors (Lipinski definition) is 1. The summed E-state index contributed by atoms with van der Waals surface area (Å²) in [4.78, 5) is 8.80. The maximum absolute atomic E-state index is 4.49. The molecule has 0 spiro atoms. The summed E-state index contributed by atoms with van der Waals surface area (Å²) in [6.45, 7) is 4.99. The molecule has 0 aromatic carbocycles. The quantitative estimate of drug-likeness (QED) is 0.874. The topological polar surface area (TPSA) is 37.8 Å². The van der Waals surface area contributed by atoms with E-state index in [0.29, 0.717) is 4.75 Å². The first kappa shape index (κ1) is 11.7. The van der Waals surface area contributed by atoms with Gasteiger partial charge in [0.2, 0.25) is 0 Å². The number of nitrogens with one attached hydrogen (secondary N) is 1. The zero-order valence-electron chi connectivity index (χ0n) is 10.2.